The molecule has 1 fully saturated rings. The van der Waals surface area contributed by atoms with Crippen LogP contribution in [0, 0.1) is 11.8 Å². The van der Waals surface area contributed by atoms with Gasteiger partial charge in [-0.15, -0.1) is 0 Å². The molecule has 3 rings (SSSR count). The van der Waals surface area contributed by atoms with Gasteiger partial charge in [-0.2, -0.15) is 0 Å². The lowest BCUT2D eigenvalue weighted by molar-refractivity contribution is -0.161. The van der Waals surface area contributed by atoms with Gasteiger partial charge in [-0.05, 0) is 38.7 Å². The molecule has 1 unspecified atom stereocenters. The molecule has 1 heterocycles. The number of allylic oxidation sites excluding steroid dienone is 1. The van der Waals surface area contributed by atoms with E-state index >= 15 is 0 Å². The zero-order valence-electron chi connectivity index (χ0n) is 17.2. The maximum absolute atomic E-state index is 12.4. The second kappa shape index (κ2) is 9.26. The van der Waals surface area contributed by atoms with Gasteiger partial charge in [0.1, 0.15) is 12.7 Å². The molecule has 0 radical (unpaired) electrons. The lowest BCUT2D eigenvalue weighted by atomic mass is 9.74. The van der Waals surface area contributed by atoms with Crippen LogP contribution in [-0.4, -0.2) is 53.1 Å². The predicted molar refractivity (Wildman–Crippen MR) is 107 cm³/mol. The van der Waals surface area contributed by atoms with E-state index in [2.05, 4.69) is 5.32 Å². The van der Waals surface area contributed by atoms with Crippen LogP contribution in [0.25, 0.3) is 0 Å². The molecule has 3 N–H and O–H groups in total. The van der Waals surface area contributed by atoms with Crippen molar-refractivity contribution >= 4 is 6.09 Å². The summed E-state index contributed by atoms with van der Waals surface area (Å²) < 4.78 is 17.0. The summed E-state index contributed by atoms with van der Waals surface area (Å²) in [7, 11) is 0. The Balaban J connectivity index is 1.67. The Bertz CT molecular complexity index is 707. The van der Waals surface area contributed by atoms with Gasteiger partial charge in [0.05, 0.1) is 18.2 Å². The Labute approximate surface area is 171 Å². The molecule has 1 saturated heterocycles. The molecule has 1 aliphatic heterocycles. The number of aliphatic hydroxyl groups excluding tert-OH is 2. The summed E-state index contributed by atoms with van der Waals surface area (Å²) in [6.45, 7) is 5.51. The van der Waals surface area contributed by atoms with Gasteiger partial charge < -0.3 is 29.7 Å². The number of carbonyl (C=O) groups excluding carboxylic acids is 1. The Morgan fingerprint density at radius 2 is 2.03 bits per heavy atom. The molecule has 1 aliphatic carbocycles. The molecule has 1 aromatic rings. The number of amides is 1. The summed E-state index contributed by atoms with van der Waals surface area (Å²) in [6, 6.07) is 8.93. The van der Waals surface area contributed by atoms with Crippen molar-refractivity contribution in [3.05, 3.63) is 48.0 Å². The van der Waals surface area contributed by atoms with E-state index in [4.69, 9.17) is 14.2 Å². The molecule has 1 aromatic carbocycles. The first-order valence-corrected chi connectivity index (χ1v) is 10.1. The second-order valence-corrected chi connectivity index (χ2v) is 8.21. The van der Waals surface area contributed by atoms with Crippen molar-refractivity contribution in [2.75, 3.05) is 6.61 Å². The van der Waals surface area contributed by atoms with Gasteiger partial charge in [-0.3, -0.25) is 0 Å². The Morgan fingerprint density at radius 3 is 2.66 bits per heavy atom. The molecule has 7 heteroatoms. The van der Waals surface area contributed by atoms with E-state index in [1.807, 2.05) is 49.4 Å². The molecular weight excluding hydrogens is 374 g/mol. The van der Waals surface area contributed by atoms with Crippen molar-refractivity contribution in [1.29, 1.82) is 0 Å². The van der Waals surface area contributed by atoms with Gasteiger partial charge in [0.15, 0.2) is 5.79 Å². The first kappa shape index (κ1) is 21.8. The van der Waals surface area contributed by atoms with Crippen molar-refractivity contribution in [2.24, 2.45) is 11.8 Å². The van der Waals surface area contributed by atoms with E-state index < -0.39 is 36.0 Å². The molecule has 0 bridgehead atoms. The van der Waals surface area contributed by atoms with Crippen LogP contribution in [0.1, 0.15) is 32.8 Å². The number of carbonyl (C=O) groups is 1. The highest BCUT2D eigenvalue weighted by atomic mass is 16.8. The summed E-state index contributed by atoms with van der Waals surface area (Å²) in [5, 5.41) is 23.8. The van der Waals surface area contributed by atoms with E-state index in [0.29, 0.717) is 6.42 Å². The van der Waals surface area contributed by atoms with Gasteiger partial charge in [-0.25, -0.2) is 4.79 Å². The minimum Gasteiger partial charge on any atom is -0.445 e. The van der Waals surface area contributed by atoms with Crippen molar-refractivity contribution in [2.45, 2.75) is 63.9 Å². The van der Waals surface area contributed by atoms with E-state index in [1.165, 1.54) is 0 Å². The Hall–Kier alpha value is -1.93. The average molecular weight is 405 g/mol. The van der Waals surface area contributed by atoms with Crippen LogP contribution in [0.4, 0.5) is 4.79 Å². The van der Waals surface area contributed by atoms with Crippen molar-refractivity contribution in [3.63, 3.8) is 0 Å². The van der Waals surface area contributed by atoms with Gasteiger partial charge in [0.25, 0.3) is 0 Å². The molecule has 0 saturated carbocycles. The highest BCUT2D eigenvalue weighted by Gasteiger charge is 2.48. The maximum atomic E-state index is 12.4. The monoisotopic (exact) mass is 405 g/mol. The third-order valence-corrected chi connectivity index (χ3v) is 5.56. The summed E-state index contributed by atoms with van der Waals surface area (Å²) in [5.74, 6) is -1.44. The zero-order valence-corrected chi connectivity index (χ0v) is 17.2. The number of ether oxygens (including phenoxy) is 3. The molecule has 7 nitrogen and oxygen atoms in total. The normalized spacial score (nSPS) is 32.0. The van der Waals surface area contributed by atoms with Crippen LogP contribution in [0.2, 0.25) is 0 Å². The highest BCUT2D eigenvalue weighted by molar-refractivity contribution is 5.68. The largest absolute Gasteiger partial charge is 0.445 e. The van der Waals surface area contributed by atoms with Crippen LogP contribution in [0.3, 0.4) is 0 Å². The molecule has 6 atom stereocenters. The quantitative estimate of drug-likeness (QED) is 0.629. The molecule has 1 amide bonds. The predicted octanol–water partition coefficient (Wildman–Crippen LogP) is 2.37. The maximum Gasteiger partial charge on any atom is 0.407 e. The van der Waals surface area contributed by atoms with Gasteiger partial charge in [0.2, 0.25) is 0 Å². The lowest BCUT2D eigenvalue weighted by Crippen LogP contribution is -2.53. The fraction of sp³-hybridized carbons (Fsp3) is 0.591. The van der Waals surface area contributed by atoms with Crippen LogP contribution in [-0.2, 0) is 20.8 Å². The van der Waals surface area contributed by atoms with E-state index in [1.54, 1.807) is 13.8 Å². The Kier molecular flexibility index (Phi) is 6.95. The number of rotatable bonds is 6. The van der Waals surface area contributed by atoms with Crippen molar-refractivity contribution < 1.29 is 29.2 Å². The van der Waals surface area contributed by atoms with E-state index in [-0.39, 0.29) is 25.2 Å². The summed E-state index contributed by atoms with van der Waals surface area (Å²) in [4.78, 5) is 12.4. The fourth-order valence-electron chi connectivity index (χ4n) is 4.24. The third-order valence-electron chi connectivity index (χ3n) is 5.56. The minimum absolute atomic E-state index is 0.103. The smallest absolute Gasteiger partial charge is 0.407 e. The zero-order chi connectivity index (χ0) is 21.0. The second-order valence-electron chi connectivity index (χ2n) is 8.21. The van der Waals surface area contributed by atoms with E-state index in [9.17, 15) is 15.0 Å². The number of nitrogens with one attached hydrogen (secondary N) is 1. The van der Waals surface area contributed by atoms with E-state index in [0.717, 1.165) is 5.56 Å². The third kappa shape index (κ3) is 5.36. The number of aliphatic hydroxyl groups is 2. The molecule has 160 valence electrons. The van der Waals surface area contributed by atoms with Gasteiger partial charge in [0, 0.05) is 12.5 Å². The lowest BCUT2D eigenvalue weighted by Gasteiger charge is -2.39. The van der Waals surface area contributed by atoms with Crippen LogP contribution < -0.4 is 5.32 Å². The fourth-order valence-corrected chi connectivity index (χ4v) is 4.24. The van der Waals surface area contributed by atoms with Crippen LogP contribution in [0.15, 0.2) is 42.5 Å². The Morgan fingerprint density at radius 1 is 1.31 bits per heavy atom. The van der Waals surface area contributed by atoms with Gasteiger partial charge in [-0.1, -0.05) is 42.5 Å². The molecule has 29 heavy (non-hydrogen) atoms. The summed E-state index contributed by atoms with van der Waals surface area (Å²) in [5.41, 5.74) is 0.888. The standard InChI is InChI=1S/C22H31NO6/c1-14-20(29-22(2,3)28-14)19(25)18-16(12-24)10-7-11-17(18)23-21(26)27-13-15-8-5-4-6-9-15/h4-9,11,14,16-20,24-25H,10,12-13H2,1-3H3,(H,23,26)/t14-,16-,17+,18-,19?,20-/m0/s1. The molecule has 0 aromatic heterocycles. The summed E-state index contributed by atoms with van der Waals surface area (Å²) in [6.07, 6.45) is 2.00. The summed E-state index contributed by atoms with van der Waals surface area (Å²) >= 11 is 0. The van der Waals surface area contributed by atoms with Crippen molar-refractivity contribution in [1.82, 2.24) is 5.32 Å². The highest BCUT2D eigenvalue weighted by Crippen LogP contribution is 2.37. The van der Waals surface area contributed by atoms with Crippen LogP contribution in [0.5, 0.6) is 0 Å². The van der Waals surface area contributed by atoms with Gasteiger partial charge >= 0.3 is 6.09 Å². The van der Waals surface area contributed by atoms with Crippen LogP contribution >= 0.6 is 0 Å². The first-order chi connectivity index (χ1) is 13.8. The van der Waals surface area contributed by atoms with Crippen molar-refractivity contribution in [3.8, 4) is 0 Å². The molecule has 0 spiro atoms. The minimum atomic E-state index is -0.923. The number of benzene rings is 1. The number of hydrogen-bond donors (Lipinski definition) is 3. The first-order valence-electron chi connectivity index (χ1n) is 10.1. The topological polar surface area (TPSA) is 97.3 Å². The molecule has 2 aliphatic rings. The molecular formula is C22H31NO6. The number of alkyl carbamates (subject to hydrolysis) is 1. The number of hydrogen-bond acceptors (Lipinski definition) is 6. The SMILES string of the molecule is C[C@@H]1OC(C)(C)O[C@@H]1C(O)[C@H]1[C@H](CO)CC=C[C@H]1NC(=O)OCc1ccccc1. The average Bonchev–Trinajstić information content (AvgIpc) is 2.98.